The zero-order valence-corrected chi connectivity index (χ0v) is 21.2. The normalized spacial score (nSPS) is 11.0. The smallest absolute Gasteiger partial charge is 0.245 e. The molecule has 0 saturated heterocycles. The van der Waals surface area contributed by atoms with E-state index in [9.17, 15) is 9.59 Å². The first-order valence-corrected chi connectivity index (χ1v) is 12.3. The average molecular weight is 501 g/mol. The van der Waals surface area contributed by atoms with Gasteiger partial charge < -0.3 is 10.2 Å². The maximum Gasteiger partial charge on any atom is 0.245 e. The van der Waals surface area contributed by atoms with E-state index in [-0.39, 0.29) is 24.4 Å². The third-order valence-corrected chi connectivity index (χ3v) is 6.19. The van der Waals surface area contributed by atoms with E-state index in [1.807, 2.05) is 44.2 Å². The summed E-state index contributed by atoms with van der Waals surface area (Å²) in [6.45, 7) is 5.89. The van der Waals surface area contributed by atoms with Crippen molar-refractivity contribution in [3.8, 4) is 16.9 Å². The standard InChI is InChI=1S/C26H30Cl2N4O2/c1-4-5-7-12-26(34)31(18(2)3)17-25(33)29-24-16-23(19-10-8-6-9-11-19)30-32(24)20-13-14-21(27)22(28)15-20/h6,8-11,13-16,18H,4-5,7,12,17H2,1-3H3,(H,29,33). The van der Waals surface area contributed by atoms with Gasteiger partial charge in [0.25, 0.3) is 0 Å². The Labute approximate surface area is 210 Å². The van der Waals surface area contributed by atoms with E-state index < -0.39 is 0 Å². The molecule has 0 radical (unpaired) electrons. The van der Waals surface area contributed by atoms with Crippen LogP contribution in [0.5, 0.6) is 0 Å². The number of nitrogens with zero attached hydrogens (tertiary/aromatic N) is 3. The summed E-state index contributed by atoms with van der Waals surface area (Å²) in [4.78, 5) is 27.3. The summed E-state index contributed by atoms with van der Waals surface area (Å²) in [6, 6.07) is 16.6. The molecule has 0 saturated carbocycles. The van der Waals surface area contributed by atoms with Gasteiger partial charge in [-0.05, 0) is 38.5 Å². The quantitative estimate of drug-likeness (QED) is 0.318. The summed E-state index contributed by atoms with van der Waals surface area (Å²) in [5, 5.41) is 8.44. The van der Waals surface area contributed by atoms with Gasteiger partial charge in [-0.1, -0.05) is 73.3 Å². The van der Waals surface area contributed by atoms with Crippen molar-refractivity contribution < 1.29 is 9.59 Å². The number of hydrogen-bond donors (Lipinski definition) is 1. The van der Waals surface area contributed by atoms with Crippen LogP contribution in [0.15, 0.2) is 54.6 Å². The van der Waals surface area contributed by atoms with Gasteiger partial charge in [0, 0.05) is 24.1 Å². The third-order valence-electron chi connectivity index (χ3n) is 5.45. The van der Waals surface area contributed by atoms with E-state index in [2.05, 4.69) is 12.2 Å². The molecule has 0 aliphatic heterocycles. The molecule has 3 aromatic rings. The maximum atomic E-state index is 13.0. The third kappa shape index (κ3) is 6.61. The molecule has 8 heteroatoms. The van der Waals surface area contributed by atoms with Gasteiger partial charge in [0.15, 0.2) is 0 Å². The molecule has 180 valence electrons. The van der Waals surface area contributed by atoms with Gasteiger partial charge >= 0.3 is 0 Å². The van der Waals surface area contributed by atoms with Crippen LogP contribution >= 0.6 is 23.2 Å². The largest absolute Gasteiger partial charge is 0.331 e. The van der Waals surface area contributed by atoms with Crippen molar-refractivity contribution in [1.29, 1.82) is 0 Å². The van der Waals surface area contributed by atoms with Crippen molar-refractivity contribution in [3.63, 3.8) is 0 Å². The lowest BCUT2D eigenvalue weighted by Crippen LogP contribution is -2.42. The molecule has 0 aliphatic carbocycles. The van der Waals surface area contributed by atoms with Crippen LogP contribution in [0.1, 0.15) is 46.5 Å². The highest BCUT2D eigenvalue weighted by molar-refractivity contribution is 6.42. The number of amides is 2. The van der Waals surface area contributed by atoms with Crippen molar-refractivity contribution in [1.82, 2.24) is 14.7 Å². The molecule has 1 aromatic heterocycles. The SMILES string of the molecule is CCCCCC(=O)N(CC(=O)Nc1cc(-c2ccccc2)nn1-c1ccc(Cl)c(Cl)c1)C(C)C. The summed E-state index contributed by atoms with van der Waals surface area (Å²) in [5.74, 6) is 0.171. The number of halogens is 2. The first kappa shape index (κ1) is 25.8. The van der Waals surface area contributed by atoms with Gasteiger partial charge in [0.05, 0.1) is 21.4 Å². The molecule has 0 aliphatic rings. The summed E-state index contributed by atoms with van der Waals surface area (Å²) in [5.41, 5.74) is 2.26. The molecule has 1 N–H and O–H groups in total. The number of carbonyl (C=O) groups excluding carboxylic acids is 2. The van der Waals surface area contributed by atoms with E-state index in [0.717, 1.165) is 24.8 Å². The molecular weight excluding hydrogens is 471 g/mol. The molecule has 0 unspecified atom stereocenters. The lowest BCUT2D eigenvalue weighted by molar-refractivity contribution is -0.136. The molecule has 2 amide bonds. The lowest BCUT2D eigenvalue weighted by atomic mass is 10.1. The highest BCUT2D eigenvalue weighted by atomic mass is 35.5. The Hall–Kier alpha value is -2.83. The second-order valence-electron chi connectivity index (χ2n) is 8.41. The molecule has 0 bridgehead atoms. The zero-order valence-electron chi connectivity index (χ0n) is 19.7. The van der Waals surface area contributed by atoms with Crippen LogP contribution < -0.4 is 5.32 Å². The Kier molecular flexibility index (Phi) is 9.13. The monoisotopic (exact) mass is 500 g/mol. The van der Waals surface area contributed by atoms with Crippen LogP contribution in [0.4, 0.5) is 5.82 Å². The fourth-order valence-electron chi connectivity index (χ4n) is 3.60. The second kappa shape index (κ2) is 12.0. The van der Waals surface area contributed by atoms with Gasteiger partial charge in [-0.3, -0.25) is 9.59 Å². The molecule has 0 fully saturated rings. The number of carbonyl (C=O) groups is 2. The highest BCUT2D eigenvalue weighted by Crippen LogP contribution is 2.29. The van der Waals surface area contributed by atoms with Crippen molar-refractivity contribution in [2.45, 2.75) is 52.5 Å². The molecule has 2 aromatic carbocycles. The van der Waals surface area contributed by atoms with Crippen molar-refractivity contribution >= 4 is 40.8 Å². The number of nitrogens with one attached hydrogen (secondary N) is 1. The number of aromatic nitrogens is 2. The predicted molar refractivity (Wildman–Crippen MR) is 139 cm³/mol. The van der Waals surface area contributed by atoms with Crippen molar-refractivity contribution in [3.05, 3.63) is 64.6 Å². The number of benzene rings is 2. The van der Waals surface area contributed by atoms with Crippen LogP contribution in [0.3, 0.4) is 0 Å². The maximum absolute atomic E-state index is 13.0. The molecule has 34 heavy (non-hydrogen) atoms. The van der Waals surface area contributed by atoms with Crippen LogP contribution in [-0.2, 0) is 9.59 Å². The van der Waals surface area contributed by atoms with Gasteiger partial charge in [0.2, 0.25) is 11.8 Å². The van der Waals surface area contributed by atoms with E-state index in [4.69, 9.17) is 28.3 Å². The molecule has 3 rings (SSSR count). The van der Waals surface area contributed by atoms with E-state index >= 15 is 0 Å². The Morgan fingerprint density at radius 1 is 1.03 bits per heavy atom. The molecular formula is C26H30Cl2N4O2. The second-order valence-corrected chi connectivity index (χ2v) is 9.23. The number of unbranched alkanes of at least 4 members (excludes halogenated alkanes) is 2. The molecule has 1 heterocycles. The Morgan fingerprint density at radius 2 is 1.76 bits per heavy atom. The van der Waals surface area contributed by atoms with Gasteiger partial charge in [-0.25, -0.2) is 4.68 Å². The topological polar surface area (TPSA) is 67.2 Å². The van der Waals surface area contributed by atoms with Crippen LogP contribution in [0.25, 0.3) is 16.9 Å². The summed E-state index contributed by atoms with van der Waals surface area (Å²) in [6.07, 6.45) is 3.30. The van der Waals surface area contributed by atoms with E-state index in [1.165, 1.54) is 0 Å². The summed E-state index contributed by atoms with van der Waals surface area (Å²) >= 11 is 12.3. The minimum Gasteiger partial charge on any atom is -0.331 e. The van der Waals surface area contributed by atoms with Crippen LogP contribution in [-0.4, -0.2) is 39.1 Å². The summed E-state index contributed by atoms with van der Waals surface area (Å²) < 4.78 is 1.62. The average Bonchev–Trinajstić information content (AvgIpc) is 3.23. The fourth-order valence-corrected chi connectivity index (χ4v) is 3.89. The Balaban J connectivity index is 1.87. The highest BCUT2D eigenvalue weighted by Gasteiger charge is 2.21. The van der Waals surface area contributed by atoms with Crippen molar-refractivity contribution in [2.24, 2.45) is 0 Å². The van der Waals surface area contributed by atoms with Gasteiger partial charge in [-0.2, -0.15) is 5.10 Å². The first-order chi connectivity index (χ1) is 16.3. The van der Waals surface area contributed by atoms with Gasteiger partial charge in [0.1, 0.15) is 12.4 Å². The zero-order chi connectivity index (χ0) is 24.7. The minimum absolute atomic E-state index is 0.0124. The van der Waals surface area contributed by atoms with Crippen molar-refractivity contribution in [2.75, 3.05) is 11.9 Å². The predicted octanol–water partition coefficient (Wildman–Crippen LogP) is 6.60. The van der Waals surface area contributed by atoms with E-state index in [1.54, 1.807) is 33.8 Å². The molecule has 6 nitrogen and oxygen atoms in total. The number of rotatable bonds is 10. The Bertz CT molecular complexity index is 1130. The fraction of sp³-hybridized carbons (Fsp3) is 0.346. The first-order valence-electron chi connectivity index (χ1n) is 11.5. The lowest BCUT2D eigenvalue weighted by Gasteiger charge is -2.26. The van der Waals surface area contributed by atoms with Crippen LogP contribution in [0.2, 0.25) is 10.0 Å². The molecule has 0 spiro atoms. The van der Waals surface area contributed by atoms with Crippen LogP contribution in [0, 0.1) is 0 Å². The number of anilines is 1. The Morgan fingerprint density at radius 3 is 2.41 bits per heavy atom. The van der Waals surface area contributed by atoms with E-state index in [0.29, 0.717) is 33.7 Å². The summed E-state index contributed by atoms with van der Waals surface area (Å²) in [7, 11) is 0. The minimum atomic E-state index is -0.293. The van der Waals surface area contributed by atoms with Gasteiger partial charge in [-0.15, -0.1) is 0 Å². The number of hydrogen-bond acceptors (Lipinski definition) is 3. The molecule has 0 atom stereocenters.